The van der Waals surface area contributed by atoms with Gasteiger partial charge < -0.3 is 24.8 Å². The number of rotatable bonds is 8. The quantitative estimate of drug-likeness (QED) is 0.252. The zero-order chi connectivity index (χ0) is 25.6. The lowest BCUT2D eigenvalue weighted by Crippen LogP contribution is -2.27. The highest BCUT2D eigenvalue weighted by Crippen LogP contribution is 2.38. The molecule has 0 aliphatic rings. The molecule has 184 valence electrons. The summed E-state index contributed by atoms with van der Waals surface area (Å²) in [5.41, 5.74) is 2.45. The third-order valence-corrected chi connectivity index (χ3v) is 5.11. The van der Waals surface area contributed by atoms with Crippen LogP contribution in [0.5, 0.6) is 17.2 Å². The van der Waals surface area contributed by atoms with Crippen molar-refractivity contribution in [1.29, 1.82) is 0 Å². The second-order valence-electron chi connectivity index (χ2n) is 8.47. The van der Waals surface area contributed by atoms with Gasteiger partial charge in [0.15, 0.2) is 11.5 Å². The average Bonchev–Trinajstić information content (AvgIpc) is 2.78. The fourth-order valence-corrected chi connectivity index (χ4v) is 3.60. The molecule has 34 heavy (non-hydrogen) atoms. The zero-order valence-electron chi connectivity index (χ0n) is 21.0. The number of benzene rings is 2. The van der Waals surface area contributed by atoms with Gasteiger partial charge in [0.1, 0.15) is 11.3 Å². The second-order valence-corrected chi connectivity index (χ2v) is 8.47. The SMILES string of the molecule is CCc1c(NC(=O)OC(C)(C)C)ccc(/C(=N\N)C(=O)c2cc(OC)c(OC)c(OC)c2)c1C. The Morgan fingerprint density at radius 1 is 1.03 bits per heavy atom. The highest BCUT2D eigenvalue weighted by Gasteiger charge is 2.25. The first-order chi connectivity index (χ1) is 16.0. The van der Waals surface area contributed by atoms with E-state index in [0.717, 1.165) is 11.1 Å². The lowest BCUT2D eigenvalue weighted by Gasteiger charge is -2.21. The Bertz CT molecular complexity index is 1080. The van der Waals surface area contributed by atoms with Gasteiger partial charge >= 0.3 is 6.09 Å². The van der Waals surface area contributed by atoms with Crippen molar-refractivity contribution in [3.05, 3.63) is 46.5 Å². The number of carbonyl (C=O) groups is 2. The van der Waals surface area contributed by atoms with E-state index in [4.69, 9.17) is 24.8 Å². The molecule has 0 atom stereocenters. The van der Waals surface area contributed by atoms with Crippen LogP contribution in [0, 0.1) is 6.92 Å². The molecule has 9 heteroatoms. The Morgan fingerprint density at radius 3 is 2.06 bits per heavy atom. The summed E-state index contributed by atoms with van der Waals surface area (Å²) in [6.07, 6.45) is 0.0386. The molecule has 1 amide bonds. The van der Waals surface area contributed by atoms with Gasteiger partial charge in [-0.1, -0.05) is 13.0 Å². The number of ether oxygens (including phenoxy) is 4. The van der Waals surface area contributed by atoms with Crippen molar-refractivity contribution < 1.29 is 28.5 Å². The van der Waals surface area contributed by atoms with Crippen LogP contribution < -0.4 is 25.4 Å². The number of Topliss-reactive ketones (excluding diaryl/α,β-unsaturated/α-hetero) is 1. The number of amides is 1. The van der Waals surface area contributed by atoms with Crippen molar-refractivity contribution in [3.63, 3.8) is 0 Å². The lowest BCUT2D eigenvalue weighted by atomic mass is 9.92. The highest BCUT2D eigenvalue weighted by molar-refractivity contribution is 6.51. The molecule has 0 saturated carbocycles. The van der Waals surface area contributed by atoms with E-state index in [1.54, 1.807) is 45.0 Å². The molecule has 2 aromatic rings. The number of hydrogen-bond donors (Lipinski definition) is 2. The van der Waals surface area contributed by atoms with Gasteiger partial charge in [0.05, 0.1) is 21.3 Å². The molecule has 0 aliphatic carbocycles. The molecule has 0 spiro atoms. The summed E-state index contributed by atoms with van der Waals surface area (Å²) in [5, 5.41) is 6.59. The minimum absolute atomic E-state index is 0.0605. The number of hydrogen-bond acceptors (Lipinski definition) is 8. The maximum Gasteiger partial charge on any atom is 0.412 e. The molecule has 2 rings (SSSR count). The fourth-order valence-electron chi connectivity index (χ4n) is 3.60. The Hall–Kier alpha value is -3.75. The second kappa shape index (κ2) is 10.9. The standard InChI is InChI=1S/C25H33N3O6/c1-9-16-14(2)17(10-11-18(16)27-24(30)34-25(3,4)5)21(28-26)22(29)15-12-19(31-6)23(33-8)20(13-15)32-7/h10-13H,9,26H2,1-8H3,(H,27,30)/b28-21+. The van der Waals surface area contributed by atoms with E-state index in [2.05, 4.69) is 10.4 Å². The Labute approximate surface area is 200 Å². The number of nitrogens with zero attached hydrogens (tertiary/aromatic N) is 1. The Kier molecular flexibility index (Phi) is 8.51. The molecule has 0 bridgehead atoms. The molecule has 3 N–H and O–H groups in total. The van der Waals surface area contributed by atoms with Gasteiger partial charge in [-0.15, -0.1) is 0 Å². The number of anilines is 1. The number of ketones is 1. The molecule has 0 saturated heterocycles. The van der Waals surface area contributed by atoms with Gasteiger partial charge in [-0.05, 0) is 63.4 Å². The molecule has 0 radical (unpaired) electrons. The normalized spacial score (nSPS) is 11.6. The Morgan fingerprint density at radius 2 is 1.62 bits per heavy atom. The maximum absolute atomic E-state index is 13.4. The number of methoxy groups -OCH3 is 3. The van der Waals surface area contributed by atoms with Gasteiger partial charge in [0.25, 0.3) is 0 Å². The van der Waals surface area contributed by atoms with Crippen molar-refractivity contribution in [3.8, 4) is 17.2 Å². The predicted molar refractivity (Wildman–Crippen MR) is 132 cm³/mol. The first-order valence-corrected chi connectivity index (χ1v) is 10.8. The van der Waals surface area contributed by atoms with Crippen LogP contribution in [0.15, 0.2) is 29.4 Å². The topological polar surface area (TPSA) is 121 Å². The molecule has 0 aliphatic heterocycles. The van der Waals surface area contributed by atoms with E-state index in [0.29, 0.717) is 34.9 Å². The van der Waals surface area contributed by atoms with E-state index in [1.807, 2.05) is 13.8 Å². The molecule has 0 unspecified atom stereocenters. The van der Waals surface area contributed by atoms with Crippen LogP contribution in [-0.2, 0) is 11.2 Å². The zero-order valence-corrected chi connectivity index (χ0v) is 21.0. The molecule has 9 nitrogen and oxygen atoms in total. The summed E-state index contributed by atoms with van der Waals surface area (Å²) in [6, 6.07) is 6.49. The minimum Gasteiger partial charge on any atom is -0.493 e. The summed E-state index contributed by atoms with van der Waals surface area (Å²) < 4.78 is 21.4. The number of carbonyl (C=O) groups excluding carboxylic acids is 2. The van der Waals surface area contributed by atoms with E-state index in [9.17, 15) is 9.59 Å². The largest absolute Gasteiger partial charge is 0.493 e. The minimum atomic E-state index is -0.627. The predicted octanol–water partition coefficient (Wildman–Crippen LogP) is 4.48. The van der Waals surface area contributed by atoms with Gasteiger partial charge in [-0.3, -0.25) is 10.1 Å². The molecular weight excluding hydrogens is 438 g/mol. The van der Waals surface area contributed by atoms with E-state index < -0.39 is 17.5 Å². The third kappa shape index (κ3) is 5.78. The van der Waals surface area contributed by atoms with Crippen LogP contribution in [0.3, 0.4) is 0 Å². The summed E-state index contributed by atoms with van der Waals surface area (Å²) in [5.74, 6) is 6.31. The smallest absolute Gasteiger partial charge is 0.412 e. The lowest BCUT2D eigenvalue weighted by molar-refractivity contribution is 0.0635. The Balaban J connectivity index is 2.50. The molecular formula is C25H33N3O6. The van der Waals surface area contributed by atoms with Crippen molar-refractivity contribution in [2.45, 2.75) is 46.6 Å². The number of hydrazone groups is 1. The fraction of sp³-hybridized carbons (Fsp3) is 0.400. The van der Waals surface area contributed by atoms with Crippen molar-refractivity contribution in [2.24, 2.45) is 10.9 Å². The number of nitrogens with one attached hydrogen (secondary N) is 1. The van der Waals surface area contributed by atoms with Crippen molar-refractivity contribution in [2.75, 3.05) is 26.6 Å². The van der Waals surface area contributed by atoms with Gasteiger partial charge in [0, 0.05) is 16.8 Å². The molecule has 0 fully saturated rings. The molecule has 0 aromatic heterocycles. The highest BCUT2D eigenvalue weighted by atomic mass is 16.6. The average molecular weight is 472 g/mol. The monoisotopic (exact) mass is 471 g/mol. The van der Waals surface area contributed by atoms with Crippen LogP contribution in [0.4, 0.5) is 10.5 Å². The van der Waals surface area contributed by atoms with Crippen LogP contribution in [-0.4, -0.2) is 44.5 Å². The van der Waals surface area contributed by atoms with Crippen molar-refractivity contribution >= 4 is 23.3 Å². The van der Waals surface area contributed by atoms with Crippen LogP contribution in [0.25, 0.3) is 0 Å². The van der Waals surface area contributed by atoms with Gasteiger partial charge in [-0.2, -0.15) is 5.10 Å². The van der Waals surface area contributed by atoms with Crippen LogP contribution in [0.2, 0.25) is 0 Å². The summed E-state index contributed by atoms with van der Waals surface area (Å²) in [7, 11) is 4.42. The van der Waals surface area contributed by atoms with E-state index in [1.165, 1.54) is 21.3 Å². The van der Waals surface area contributed by atoms with Crippen molar-refractivity contribution in [1.82, 2.24) is 0 Å². The summed E-state index contributed by atoms with van der Waals surface area (Å²) >= 11 is 0. The van der Waals surface area contributed by atoms with E-state index in [-0.39, 0.29) is 11.3 Å². The van der Waals surface area contributed by atoms with Gasteiger partial charge in [0.2, 0.25) is 11.5 Å². The first kappa shape index (κ1) is 26.5. The number of nitrogens with two attached hydrogens (primary N) is 1. The maximum atomic E-state index is 13.4. The van der Waals surface area contributed by atoms with Gasteiger partial charge in [-0.25, -0.2) is 4.79 Å². The first-order valence-electron chi connectivity index (χ1n) is 10.8. The van der Waals surface area contributed by atoms with Crippen LogP contribution >= 0.6 is 0 Å². The third-order valence-electron chi connectivity index (χ3n) is 5.11. The van der Waals surface area contributed by atoms with E-state index >= 15 is 0 Å². The van der Waals surface area contributed by atoms with Crippen LogP contribution in [0.1, 0.15) is 54.7 Å². The summed E-state index contributed by atoms with van der Waals surface area (Å²) in [6.45, 7) is 9.18. The molecule has 2 aromatic carbocycles. The molecule has 0 heterocycles. The summed E-state index contributed by atoms with van der Waals surface area (Å²) in [4.78, 5) is 25.7.